The highest BCUT2D eigenvalue weighted by Gasteiger charge is 2.16. The van der Waals surface area contributed by atoms with Crippen molar-refractivity contribution in [2.45, 2.75) is 0 Å². The molecule has 2 heterocycles. The Morgan fingerprint density at radius 1 is 1.14 bits per heavy atom. The maximum Gasteiger partial charge on any atom is 0.253 e. The third kappa shape index (κ3) is 3.42. The summed E-state index contributed by atoms with van der Waals surface area (Å²) in [4.78, 5) is 17.3. The number of fused-ring (bicyclic) bond motifs is 3. The molecule has 0 aliphatic heterocycles. The highest BCUT2D eigenvalue weighted by atomic mass is 32.1. The number of benzene rings is 2. The van der Waals surface area contributed by atoms with Crippen molar-refractivity contribution >= 4 is 49.7 Å². The average molecular weight is 395 g/mol. The maximum atomic E-state index is 14.1. The minimum absolute atomic E-state index is 0.220. The van der Waals surface area contributed by atoms with E-state index < -0.39 is 0 Å². The fraction of sp³-hybridized carbons (Fsp3) is 0.143. The van der Waals surface area contributed by atoms with Gasteiger partial charge in [-0.05, 0) is 29.6 Å². The molecular weight excluding hydrogens is 377 g/mol. The molecule has 0 unspecified atom stereocenters. The van der Waals surface area contributed by atoms with Gasteiger partial charge in [-0.25, -0.2) is 9.37 Å². The van der Waals surface area contributed by atoms with Crippen LogP contribution in [0.25, 0.3) is 21.0 Å². The molecule has 4 aromatic rings. The highest BCUT2D eigenvalue weighted by Crippen LogP contribution is 2.36. The summed E-state index contributed by atoms with van der Waals surface area (Å²) in [5, 5.41) is 9.65. The van der Waals surface area contributed by atoms with E-state index in [1.807, 2.05) is 23.6 Å². The number of pyridine rings is 1. The number of nitrogens with one attached hydrogen (secondary N) is 2. The lowest BCUT2D eigenvalue weighted by Crippen LogP contribution is -2.27. The lowest BCUT2D eigenvalue weighted by molar-refractivity contribution is 0.0938. The van der Waals surface area contributed by atoms with Gasteiger partial charge in [0.25, 0.3) is 5.91 Å². The summed E-state index contributed by atoms with van der Waals surface area (Å²) < 4.78 is 20.1. The number of halogens is 1. The van der Waals surface area contributed by atoms with E-state index in [0.29, 0.717) is 35.7 Å². The first-order chi connectivity index (χ1) is 13.7. The predicted octanol–water partition coefficient (Wildman–Crippen LogP) is 4.71. The number of methoxy groups -OCH3 is 1. The zero-order valence-electron chi connectivity index (χ0n) is 15.2. The number of rotatable bonds is 6. The average Bonchev–Trinajstić information content (AvgIpc) is 3.20. The number of amides is 1. The Hall–Kier alpha value is -3.03. The van der Waals surface area contributed by atoms with Gasteiger partial charge in [0.1, 0.15) is 11.6 Å². The second kappa shape index (κ2) is 7.92. The highest BCUT2D eigenvalue weighted by molar-refractivity contribution is 7.18. The van der Waals surface area contributed by atoms with E-state index in [-0.39, 0.29) is 11.7 Å². The van der Waals surface area contributed by atoms with Gasteiger partial charge >= 0.3 is 0 Å². The van der Waals surface area contributed by atoms with E-state index in [9.17, 15) is 9.18 Å². The van der Waals surface area contributed by atoms with Crippen molar-refractivity contribution in [1.82, 2.24) is 10.3 Å². The normalized spacial score (nSPS) is 11.1. The van der Waals surface area contributed by atoms with Crippen LogP contribution in [0, 0.1) is 5.82 Å². The summed E-state index contributed by atoms with van der Waals surface area (Å²) in [6.07, 6.45) is 0. The molecule has 0 aliphatic rings. The number of ether oxygens (including phenoxy) is 1. The van der Waals surface area contributed by atoms with E-state index in [1.54, 1.807) is 42.7 Å². The van der Waals surface area contributed by atoms with Crippen LogP contribution in [0.5, 0.6) is 0 Å². The van der Waals surface area contributed by atoms with Crippen molar-refractivity contribution in [3.8, 4) is 0 Å². The van der Waals surface area contributed by atoms with Crippen molar-refractivity contribution in [3.63, 3.8) is 0 Å². The maximum absolute atomic E-state index is 14.1. The van der Waals surface area contributed by atoms with Gasteiger partial charge in [-0.15, -0.1) is 11.3 Å². The Bertz CT molecular complexity index is 1160. The summed E-state index contributed by atoms with van der Waals surface area (Å²) >= 11 is 1.56. The fourth-order valence-corrected chi connectivity index (χ4v) is 3.98. The molecule has 0 saturated carbocycles. The number of para-hydroxylation sites is 2. The quantitative estimate of drug-likeness (QED) is 0.464. The van der Waals surface area contributed by atoms with Gasteiger partial charge < -0.3 is 15.4 Å². The van der Waals surface area contributed by atoms with Crippen molar-refractivity contribution < 1.29 is 13.9 Å². The number of carbonyl (C=O) groups excluding carboxylic acids is 1. The Labute approximate surface area is 165 Å². The summed E-state index contributed by atoms with van der Waals surface area (Å²) in [6, 6.07) is 13.9. The minimum atomic E-state index is -0.363. The number of aromatic nitrogens is 1. The Kier molecular flexibility index (Phi) is 5.18. The molecule has 142 valence electrons. The van der Waals surface area contributed by atoms with Gasteiger partial charge in [-0.2, -0.15) is 0 Å². The molecule has 0 aliphatic carbocycles. The molecular formula is C21H18FN3O2S. The molecule has 0 bridgehead atoms. The smallest absolute Gasteiger partial charge is 0.253 e. The molecule has 0 radical (unpaired) electrons. The molecule has 0 saturated heterocycles. The van der Waals surface area contributed by atoms with Crippen LogP contribution in [-0.4, -0.2) is 31.2 Å². The number of hydrogen-bond acceptors (Lipinski definition) is 5. The number of thiophene rings is 1. The second-order valence-electron chi connectivity index (χ2n) is 6.18. The standard InChI is InChI=1S/C21H18FN3O2S/c1-27-11-10-23-21(26)14-6-4-5-13-18(14)25-20(15-9-12-28-19(13)15)24-17-8-3-2-7-16(17)22/h2-9,12H,10-11H2,1H3,(H,23,26)(H,24,25). The van der Waals surface area contributed by atoms with Crippen LogP contribution >= 0.6 is 11.3 Å². The van der Waals surface area contributed by atoms with Crippen LogP contribution in [-0.2, 0) is 4.74 Å². The Morgan fingerprint density at radius 2 is 2.00 bits per heavy atom. The molecule has 2 N–H and O–H groups in total. The molecule has 0 atom stereocenters. The van der Waals surface area contributed by atoms with Gasteiger partial charge in [0.15, 0.2) is 0 Å². The predicted molar refractivity (Wildman–Crippen MR) is 111 cm³/mol. The third-order valence-electron chi connectivity index (χ3n) is 4.39. The Balaban J connectivity index is 1.83. The van der Waals surface area contributed by atoms with Crippen molar-refractivity contribution in [2.75, 3.05) is 25.6 Å². The van der Waals surface area contributed by atoms with Gasteiger partial charge in [-0.1, -0.05) is 24.3 Å². The van der Waals surface area contributed by atoms with Gasteiger partial charge in [0.05, 0.1) is 23.4 Å². The zero-order chi connectivity index (χ0) is 19.5. The first kappa shape index (κ1) is 18.3. The lowest BCUT2D eigenvalue weighted by atomic mass is 10.1. The van der Waals surface area contributed by atoms with Gasteiger partial charge in [0.2, 0.25) is 0 Å². The monoisotopic (exact) mass is 395 g/mol. The number of hydrogen-bond donors (Lipinski definition) is 2. The van der Waals surface area contributed by atoms with Crippen LogP contribution in [0.1, 0.15) is 10.4 Å². The fourth-order valence-electron chi connectivity index (χ4n) is 3.05. The van der Waals surface area contributed by atoms with E-state index in [4.69, 9.17) is 9.72 Å². The molecule has 2 aromatic carbocycles. The largest absolute Gasteiger partial charge is 0.383 e. The molecule has 0 fully saturated rings. The zero-order valence-corrected chi connectivity index (χ0v) is 16.0. The first-order valence-electron chi connectivity index (χ1n) is 8.77. The topological polar surface area (TPSA) is 63.2 Å². The van der Waals surface area contributed by atoms with E-state index >= 15 is 0 Å². The summed E-state index contributed by atoms with van der Waals surface area (Å²) in [7, 11) is 1.58. The molecule has 7 heteroatoms. The molecule has 1 amide bonds. The van der Waals surface area contributed by atoms with Gasteiger partial charge in [-0.3, -0.25) is 4.79 Å². The van der Waals surface area contributed by atoms with Crippen LogP contribution in [0.3, 0.4) is 0 Å². The number of nitrogens with zero attached hydrogens (tertiary/aromatic N) is 1. The summed E-state index contributed by atoms with van der Waals surface area (Å²) in [5.41, 5.74) is 1.38. The van der Waals surface area contributed by atoms with E-state index in [2.05, 4.69) is 10.6 Å². The molecule has 4 rings (SSSR count). The molecule has 5 nitrogen and oxygen atoms in total. The van der Waals surface area contributed by atoms with E-state index in [1.165, 1.54) is 6.07 Å². The molecule has 0 spiro atoms. The van der Waals surface area contributed by atoms with Crippen molar-refractivity contribution in [2.24, 2.45) is 0 Å². The molecule has 28 heavy (non-hydrogen) atoms. The first-order valence-corrected chi connectivity index (χ1v) is 9.65. The summed E-state index contributed by atoms with van der Waals surface area (Å²) in [6.45, 7) is 0.840. The second-order valence-corrected chi connectivity index (χ2v) is 7.10. The van der Waals surface area contributed by atoms with E-state index in [0.717, 1.165) is 15.5 Å². The minimum Gasteiger partial charge on any atom is -0.383 e. The van der Waals surface area contributed by atoms with Crippen LogP contribution < -0.4 is 10.6 Å². The Morgan fingerprint density at radius 3 is 2.82 bits per heavy atom. The lowest BCUT2D eigenvalue weighted by Gasteiger charge is -2.12. The summed E-state index contributed by atoms with van der Waals surface area (Å²) in [5.74, 6) is -0.0627. The van der Waals surface area contributed by atoms with Gasteiger partial charge in [0, 0.05) is 29.1 Å². The van der Waals surface area contributed by atoms with Crippen LogP contribution in [0.15, 0.2) is 53.9 Å². The third-order valence-corrected chi connectivity index (χ3v) is 5.34. The van der Waals surface area contributed by atoms with Crippen molar-refractivity contribution in [1.29, 1.82) is 0 Å². The van der Waals surface area contributed by atoms with Crippen molar-refractivity contribution in [3.05, 3.63) is 65.3 Å². The van der Waals surface area contributed by atoms with Crippen LogP contribution in [0.2, 0.25) is 0 Å². The number of carbonyl (C=O) groups is 1. The molecule has 2 aromatic heterocycles. The number of anilines is 2. The SMILES string of the molecule is COCCNC(=O)c1cccc2c1nc(Nc1ccccc1F)c1ccsc12. The van der Waals surface area contributed by atoms with Crippen LogP contribution in [0.4, 0.5) is 15.9 Å².